The van der Waals surface area contributed by atoms with Gasteiger partial charge >= 0.3 is 0 Å². The molecule has 0 saturated carbocycles. The number of rotatable bonds is 0. The zero-order valence-corrected chi connectivity index (χ0v) is 20.8. The molecule has 0 amide bonds. The molecule has 186 valence electrons. The summed E-state index contributed by atoms with van der Waals surface area (Å²) in [5, 5.41) is 44.3. The molecule has 0 aliphatic carbocycles. The minimum absolute atomic E-state index is 0.322. The summed E-state index contributed by atoms with van der Waals surface area (Å²) in [6.45, 7) is 0. The van der Waals surface area contributed by atoms with E-state index in [9.17, 15) is 0 Å². The lowest BCUT2D eigenvalue weighted by atomic mass is 10.3. The Kier molecular flexibility index (Phi) is 15.5. The van der Waals surface area contributed by atoms with Gasteiger partial charge in [0.05, 0.1) is 0 Å². The van der Waals surface area contributed by atoms with E-state index in [-0.39, 0.29) is 0 Å². The first-order valence-electron chi connectivity index (χ1n) is 10.9. The van der Waals surface area contributed by atoms with Crippen LogP contribution in [0.15, 0.2) is 146 Å². The van der Waals surface area contributed by atoms with Crippen LogP contribution in [0.25, 0.3) is 0 Å². The molecule has 0 aliphatic heterocycles. The van der Waals surface area contributed by atoms with E-state index in [0.717, 1.165) is 5.30 Å². The predicted molar refractivity (Wildman–Crippen MR) is 150 cm³/mol. The second-order valence-electron chi connectivity index (χ2n) is 6.90. The average molecular weight is 503 g/mol. The van der Waals surface area contributed by atoms with Crippen molar-refractivity contribution in [3.8, 4) is 28.7 Å². The lowest BCUT2D eigenvalue weighted by molar-refractivity contribution is 0.475. The van der Waals surface area contributed by atoms with Crippen molar-refractivity contribution in [2.45, 2.75) is 0 Å². The summed E-state index contributed by atoms with van der Waals surface area (Å²) < 4.78 is 0. The van der Waals surface area contributed by atoms with Gasteiger partial charge in [-0.2, -0.15) is 0 Å². The number of hydrogen-bond donors (Lipinski definition) is 5. The molecule has 0 bridgehead atoms. The highest BCUT2D eigenvalue weighted by molar-refractivity contribution is 7.27. The van der Waals surface area contributed by atoms with Crippen LogP contribution in [0, 0.1) is 0 Å². The summed E-state index contributed by atoms with van der Waals surface area (Å²) in [6.07, 6.45) is 0. The standard InChI is InChI=1S/C6H7OP.4C6H6O/c7-5-3-1-2-4-6(5)8;4*7-6-4-2-1-3-5-6/h1-4,7H,8H2;4*1-5,7H. The smallest absolute Gasteiger partial charge is 0.122 e. The lowest BCUT2D eigenvalue weighted by Crippen LogP contribution is -1.86. The van der Waals surface area contributed by atoms with E-state index < -0.39 is 0 Å². The van der Waals surface area contributed by atoms with Gasteiger partial charge in [0.1, 0.15) is 28.7 Å². The van der Waals surface area contributed by atoms with E-state index >= 15 is 0 Å². The SMILES string of the molecule is Oc1ccccc1.Oc1ccccc1.Oc1ccccc1.Oc1ccccc1.Oc1ccccc1P. The van der Waals surface area contributed by atoms with Gasteiger partial charge in [0.15, 0.2) is 0 Å². The van der Waals surface area contributed by atoms with Gasteiger partial charge in [-0.05, 0) is 54.6 Å². The zero-order chi connectivity index (χ0) is 26.4. The number of hydrogen-bond acceptors (Lipinski definition) is 5. The molecule has 1 unspecified atom stereocenters. The molecule has 0 aliphatic rings. The normalized spacial score (nSPS) is 8.69. The van der Waals surface area contributed by atoms with Crippen LogP contribution in [0.5, 0.6) is 28.7 Å². The van der Waals surface area contributed by atoms with Crippen LogP contribution >= 0.6 is 9.24 Å². The van der Waals surface area contributed by atoms with Gasteiger partial charge in [-0.25, -0.2) is 0 Å². The van der Waals surface area contributed by atoms with E-state index in [4.69, 9.17) is 25.5 Å². The molecule has 5 nitrogen and oxygen atoms in total. The molecular weight excluding hydrogens is 471 g/mol. The Morgan fingerprint density at radius 1 is 0.306 bits per heavy atom. The summed E-state index contributed by atoms with van der Waals surface area (Å²) in [4.78, 5) is 0. The molecule has 0 heterocycles. The van der Waals surface area contributed by atoms with Gasteiger partial charge in [-0.3, -0.25) is 0 Å². The van der Waals surface area contributed by atoms with E-state index in [0.29, 0.717) is 28.7 Å². The summed E-state index contributed by atoms with van der Waals surface area (Å²) in [5.41, 5.74) is 0. The minimum atomic E-state index is 0.322. The highest BCUT2D eigenvalue weighted by Gasteiger charge is 1.87. The lowest BCUT2D eigenvalue weighted by Gasteiger charge is -1.92. The van der Waals surface area contributed by atoms with Crippen LogP contribution < -0.4 is 5.30 Å². The van der Waals surface area contributed by atoms with Gasteiger partial charge in [-0.15, -0.1) is 9.24 Å². The molecule has 0 aromatic heterocycles. The Morgan fingerprint density at radius 3 is 0.667 bits per heavy atom. The molecule has 5 rings (SSSR count). The molecule has 6 heteroatoms. The highest BCUT2D eigenvalue weighted by Crippen LogP contribution is 2.06. The molecule has 0 radical (unpaired) electrons. The monoisotopic (exact) mass is 502 g/mol. The molecule has 0 saturated heterocycles. The maximum atomic E-state index is 8.90. The van der Waals surface area contributed by atoms with Gasteiger partial charge in [0.2, 0.25) is 0 Å². The number of phenolic OH excluding ortho intramolecular Hbond substituents is 5. The Balaban J connectivity index is 0.000000225. The van der Waals surface area contributed by atoms with E-state index in [1.807, 2.05) is 36.4 Å². The third kappa shape index (κ3) is 16.2. The van der Waals surface area contributed by atoms with Crippen LogP contribution in [0.1, 0.15) is 0 Å². The molecule has 5 aromatic rings. The fraction of sp³-hybridized carbons (Fsp3) is 0. The topological polar surface area (TPSA) is 101 Å². The van der Waals surface area contributed by atoms with Crippen molar-refractivity contribution in [2.75, 3.05) is 0 Å². The maximum absolute atomic E-state index is 8.90. The first-order valence-corrected chi connectivity index (χ1v) is 11.5. The molecule has 5 aromatic carbocycles. The van der Waals surface area contributed by atoms with Gasteiger partial charge < -0.3 is 25.5 Å². The third-order valence-corrected chi connectivity index (χ3v) is 4.45. The van der Waals surface area contributed by atoms with Crippen LogP contribution in [-0.4, -0.2) is 25.5 Å². The fourth-order valence-electron chi connectivity index (χ4n) is 2.20. The fourth-order valence-corrected chi connectivity index (χ4v) is 2.41. The van der Waals surface area contributed by atoms with Crippen LogP contribution in [0.3, 0.4) is 0 Å². The van der Waals surface area contributed by atoms with Crippen LogP contribution in [0.2, 0.25) is 0 Å². The zero-order valence-electron chi connectivity index (χ0n) is 19.7. The van der Waals surface area contributed by atoms with Gasteiger partial charge in [-0.1, -0.05) is 91.0 Å². The Hall–Kier alpha value is -4.47. The first-order chi connectivity index (χ1) is 17.4. The predicted octanol–water partition coefficient (Wildman–Crippen LogP) is 6.46. The Labute approximate surface area is 214 Å². The molecule has 1 atom stereocenters. The number of aromatic hydroxyl groups is 5. The van der Waals surface area contributed by atoms with Crippen molar-refractivity contribution in [3.05, 3.63) is 146 Å². The molecule has 0 fully saturated rings. The van der Waals surface area contributed by atoms with Crippen molar-refractivity contribution in [3.63, 3.8) is 0 Å². The van der Waals surface area contributed by atoms with E-state index in [2.05, 4.69) is 9.24 Å². The number of para-hydroxylation sites is 5. The Bertz CT molecular complexity index is 1000. The largest absolute Gasteiger partial charge is 0.508 e. The van der Waals surface area contributed by atoms with Crippen LogP contribution in [0.4, 0.5) is 0 Å². The van der Waals surface area contributed by atoms with E-state index in [1.54, 1.807) is 109 Å². The highest BCUT2D eigenvalue weighted by atomic mass is 31.0. The number of phenols is 5. The third-order valence-electron chi connectivity index (χ3n) is 3.96. The van der Waals surface area contributed by atoms with Crippen molar-refractivity contribution in [1.29, 1.82) is 0 Å². The van der Waals surface area contributed by atoms with Crippen molar-refractivity contribution in [1.82, 2.24) is 0 Å². The van der Waals surface area contributed by atoms with Gasteiger partial charge in [0.25, 0.3) is 0 Å². The van der Waals surface area contributed by atoms with Crippen molar-refractivity contribution in [2.24, 2.45) is 0 Å². The van der Waals surface area contributed by atoms with Crippen molar-refractivity contribution >= 4 is 14.5 Å². The van der Waals surface area contributed by atoms with Crippen LogP contribution in [-0.2, 0) is 0 Å². The minimum Gasteiger partial charge on any atom is -0.508 e. The average Bonchev–Trinajstić information content (AvgIpc) is 2.89. The van der Waals surface area contributed by atoms with Gasteiger partial charge in [0, 0.05) is 5.30 Å². The first kappa shape index (κ1) is 29.6. The van der Waals surface area contributed by atoms with Crippen molar-refractivity contribution < 1.29 is 25.5 Å². The second-order valence-corrected chi connectivity index (χ2v) is 7.52. The molecule has 0 spiro atoms. The van der Waals surface area contributed by atoms with E-state index in [1.165, 1.54) is 0 Å². The summed E-state index contributed by atoms with van der Waals surface area (Å²) in [6, 6.07) is 42.0. The number of benzene rings is 5. The Morgan fingerprint density at radius 2 is 0.528 bits per heavy atom. The quantitative estimate of drug-likeness (QED) is 0.156. The summed E-state index contributed by atoms with van der Waals surface area (Å²) in [7, 11) is 2.44. The summed E-state index contributed by atoms with van der Waals surface area (Å²) in [5.74, 6) is 1.62. The second kappa shape index (κ2) is 18.9. The molecule has 5 N–H and O–H groups in total. The molecule has 36 heavy (non-hydrogen) atoms. The maximum Gasteiger partial charge on any atom is 0.122 e. The molecular formula is C30H31O5P. The summed E-state index contributed by atoms with van der Waals surface area (Å²) >= 11 is 0.